The van der Waals surface area contributed by atoms with Gasteiger partial charge in [-0.2, -0.15) is 0 Å². The van der Waals surface area contributed by atoms with E-state index in [1.807, 2.05) is 0 Å². The normalized spacial score (nSPS) is 57.9. The van der Waals surface area contributed by atoms with Gasteiger partial charge in [-0.1, -0.05) is 12.2 Å². The van der Waals surface area contributed by atoms with Gasteiger partial charge in [0.05, 0.1) is 0 Å². The molecule has 0 radical (unpaired) electrons. The quantitative estimate of drug-likeness (QED) is 0.506. The number of carbonyl (C=O) groups excluding carboxylic acids is 1. The average Bonchev–Trinajstić information content (AvgIpc) is 2.58. The lowest BCUT2D eigenvalue weighted by Gasteiger charge is -2.40. The van der Waals surface area contributed by atoms with E-state index in [1.165, 1.54) is 0 Å². The van der Waals surface area contributed by atoms with E-state index < -0.39 is 6.10 Å². The zero-order chi connectivity index (χ0) is 7.59. The maximum absolute atomic E-state index is 11.1. The number of Topliss-reactive ketones (excluding diaryl/α,β-unsaturated/α-hetero) is 1. The number of hydrogen-bond donors (Lipinski definition) is 1. The molecule has 0 spiro atoms. The van der Waals surface area contributed by atoms with Gasteiger partial charge in [-0.15, -0.1) is 0 Å². The Morgan fingerprint density at radius 3 is 2.82 bits per heavy atom. The van der Waals surface area contributed by atoms with Gasteiger partial charge in [0.15, 0.2) is 5.78 Å². The summed E-state index contributed by atoms with van der Waals surface area (Å²) < 4.78 is 0. The third-order valence-corrected chi connectivity index (χ3v) is 3.50. The highest BCUT2D eigenvalue weighted by atomic mass is 16.3. The standard InChI is InChI=1S/C9H10O2/c10-8-6-4-1-2-5(3-4)7(6)9(8)11/h1-2,4-8,10H,3H2/t4-,5+,6-,7+,8?/m1/s1. The molecule has 3 aliphatic rings. The van der Waals surface area contributed by atoms with Crippen molar-refractivity contribution in [1.82, 2.24) is 0 Å². The minimum absolute atomic E-state index is 0.0897. The first kappa shape index (κ1) is 5.95. The summed E-state index contributed by atoms with van der Waals surface area (Å²) in [5.41, 5.74) is 0. The van der Waals surface area contributed by atoms with E-state index in [0.717, 1.165) is 6.42 Å². The Morgan fingerprint density at radius 1 is 1.36 bits per heavy atom. The number of carbonyl (C=O) groups is 1. The summed E-state index contributed by atoms with van der Waals surface area (Å²) in [5, 5.41) is 9.33. The summed E-state index contributed by atoms with van der Waals surface area (Å²) in [6.07, 6.45) is 4.80. The second-order valence-electron chi connectivity index (χ2n) is 3.90. The second-order valence-corrected chi connectivity index (χ2v) is 3.90. The Labute approximate surface area is 64.9 Å². The van der Waals surface area contributed by atoms with Crippen LogP contribution in [0, 0.1) is 23.7 Å². The summed E-state index contributed by atoms with van der Waals surface area (Å²) >= 11 is 0. The Hall–Kier alpha value is -0.630. The van der Waals surface area contributed by atoms with Crippen LogP contribution in [0.4, 0.5) is 0 Å². The molecule has 0 aromatic heterocycles. The topological polar surface area (TPSA) is 37.3 Å². The van der Waals surface area contributed by atoms with Crippen LogP contribution in [0.5, 0.6) is 0 Å². The minimum Gasteiger partial charge on any atom is -0.385 e. The van der Waals surface area contributed by atoms with Gasteiger partial charge in [0.1, 0.15) is 6.10 Å². The van der Waals surface area contributed by atoms with Gasteiger partial charge in [-0.25, -0.2) is 0 Å². The molecule has 2 heteroatoms. The molecule has 11 heavy (non-hydrogen) atoms. The van der Waals surface area contributed by atoms with E-state index in [2.05, 4.69) is 12.2 Å². The molecule has 2 bridgehead atoms. The highest BCUT2D eigenvalue weighted by molar-refractivity contribution is 5.93. The van der Waals surface area contributed by atoms with Gasteiger partial charge in [0.25, 0.3) is 0 Å². The molecule has 3 rings (SSSR count). The van der Waals surface area contributed by atoms with Crippen molar-refractivity contribution in [3.8, 4) is 0 Å². The van der Waals surface area contributed by atoms with Crippen LogP contribution in [0.1, 0.15) is 6.42 Å². The molecule has 1 N–H and O–H groups in total. The molecule has 2 fully saturated rings. The van der Waals surface area contributed by atoms with Crippen LogP contribution in [0.3, 0.4) is 0 Å². The molecule has 2 saturated carbocycles. The van der Waals surface area contributed by atoms with Crippen LogP contribution >= 0.6 is 0 Å². The van der Waals surface area contributed by atoms with Crippen molar-refractivity contribution >= 4 is 5.78 Å². The number of aliphatic hydroxyl groups excluding tert-OH is 1. The van der Waals surface area contributed by atoms with Crippen molar-refractivity contribution in [1.29, 1.82) is 0 Å². The Bertz CT molecular complexity index is 256. The van der Waals surface area contributed by atoms with Crippen molar-refractivity contribution in [3.63, 3.8) is 0 Å². The van der Waals surface area contributed by atoms with Crippen LogP contribution in [0.15, 0.2) is 12.2 Å². The third kappa shape index (κ3) is 0.486. The number of allylic oxidation sites excluding steroid dienone is 2. The van der Waals surface area contributed by atoms with Crippen molar-refractivity contribution < 1.29 is 9.90 Å². The van der Waals surface area contributed by atoms with Crippen molar-refractivity contribution in [2.75, 3.05) is 0 Å². The van der Waals surface area contributed by atoms with Crippen LogP contribution in [-0.4, -0.2) is 17.0 Å². The number of hydrogen-bond acceptors (Lipinski definition) is 2. The highest BCUT2D eigenvalue weighted by Gasteiger charge is 2.60. The van der Waals surface area contributed by atoms with Gasteiger partial charge < -0.3 is 5.11 Å². The largest absolute Gasteiger partial charge is 0.385 e. The van der Waals surface area contributed by atoms with Crippen LogP contribution in [-0.2, 0) is 4.79 Å². The lowest BCUT2D eigenvalue weighted by atomic mass is 9.65. The number of rotatable bonds is 0. The van der Waals surface area contributed by atoms with Crippen LogP contribution in [0.2, 0.25) is 0 Å². The smallest absolute Gasteiger partial charge is 0.165 e. The summed E-state index contributed by atoms with van der Waals surface area (Å²) in [7, 11) is 0. The summed E-state index contributed by atoms with van der Waals surface area (Å²) in [6.45, 7) is 0. The number of fused-ring (bicyclic) bond motifs is 5. The molecule has 0 aromatic carbocycles. The van der Waals surface area contributed by atoms with E-state index in [1.54, 1.807) is 0 Å². The molecule has 5 atom stereocenters. The molecule has 1 unspecified atom stereocenters. The molecule has 0 aliphatic heterocycles. The predicted molar refractivity (Wildman–Crippen MR) is 38.7 cm³/mol. The lowest BCUT2D eigenvalue weighted by Crippen LogP contribution is -2.53. The molecule has 2 nitrogen and oxygen atoms in total. The van der Waals surface area contributed by atoms with Gasteiger partial charge in [-0.05, 0) is 18.3 Å². The molecular formula is C9H10O2. The van der Waals surface area contributed by atoms with Gasteiger partial charge in [-0.3, -0.25) is 4.79 Å². The fraction of sp³-hybridized carbons (Fsp3) is 0.667. The Kier molecular flexibility index (Phi) is 0.856. The number of aliphatic hydroxyl groups is 1. The first-order chi connectivity index (χ1) is 5.29. The molecular weight excluding hydrogens is 140 g/mol. The van der Waals surface area contributed by atoms with Gasteiger partial charge in [0.2, 0.25) is 0 Å². The zero-order valence-corrected chi connectivity index (χ0v) is 6.10. The third-order valence-electron chi connectivity index (χ3n) is 3.50. The molecule has 58 valence electrons. The second kappa shape index (κ2) is 1.58. The van der Waals surface area contributed by atoms with Gasteiger partial charge in [0, 0.05) is 11.8 Å². The van der Waals surface area contributed by atoms with Crippen LogP contribution < -0.4 is 0 Å². The van der Waals surface area contributed by atoms with E-state index in [0.29, 0.717) is 11.8 Å². The molecule has 0 aromatic rings. The average molecular weight is 150 g/mol. The van der Waals surface area contributed by atoms with Crippen molar-refractivity contribution in [2.45, 2.75) is 12.5 Å². The fourth-order valence-corrected chi connectivity index (χ4v) is 2.96. The fourth-order valence-electron chi connectivity index (χ4n) is 2.96. The zero-order valence-electron chi connectivity index (χ0n) is 6.10. The lowest BCUT2D eigenvalue weighted by molar-refractivity contribution is -0.153. The van der Waals surface area contributed by atoms with Crippen molar-refractivity contribution in [3.05, 3.63) is 12.2 Å². The number of ketones is 1. The first-order valence-corrected chi connectivity index (χ1v) is 4.19. The maximum Gasteiger partial charge on any atom is 0.165 e. The minimum atomic E-state index is -0.625. The molecule has 3 aliphatic carbocycles. The van der Waals surface area contributed by atoms with E-state index in [4.69, 9.17) is 0 Å². The predicted octanol–water partition coefficient (Wildman–Crippen LogP) is 0.368. The van der Waals surface area contributed by atoms with E-state index in [-0.39, 0.29) is 17.6 Å². The van der Waals surface area contributed by atoms with E-state index in [9.17, 15) is 9.90 Å². The SMILES string of the molecule is O=C1C(O)[C@H]2[C@@H]1[C@H]1C=C[C@@H]2C1. The molecule has 0 amide bonds. The summed E-state index contributed by atoms with van der Waals surface area (Å²) in [6, 6.07) is 0. The summed E-state index contributed by atoms with van der Waals surface area (Å²) in [5.74, 6) is 1.56. The highest BCUT2D eigenvalue weighted by Crippen LogP contribution is 2.55. The van der Waals surface area contributed by atoms with E-state index >= 15 is 0 Å². The Morgan fingerprint density at radius 2 is 2.09 bits per heavy atom. The molecule has 0 heterocycles. The Balaban J connectivity index is 2.01. The van der Waals surface area contributed by atoms with Crippen molar-refractivity contribution in [2.24, 2.45) is 23.7 Å². The summed E-state index contributed by atoms with van der Waals surface area (Å²) in [4.78, 5) is 11.1. The van der Waals surface area contributed by atoms with Gasteiger partial charge >= 0.3 is 0 Å². The first-order valence-electron chi connectivity index (χ1n) is 4.19. The molecule has 0 saturated heterocycles. The maximum atomic E-state index is 11.1. The van der Waals surface area contributed by atoms with Crippen LogP contribution in [0.25, 0.3) is 0 Å². The monoisotopic (exact) mass is 150 g/mol.